The van der Waals surface area contributed by atoms with Crippen LogP contribution >= 0.6 is 45.8 Å². The average molecular weight is 515 g/mol. The molecule has 5 nitrogen and oxygen atoms in total. The second-order valence-corrected chi connectivity index (χ2v) is 7.40. The third-order valence-corrected chi connectivity index (χ3v) is 4.68. The van der Waals surface area contributed by atoms with Gasteiger partial charge in [-0.3, -0.25) is 4.79 Å². The summed E-state index contributed by atoms with van der Waals surface area (Å²) in [5.41, 5.74) is 3.24. The van der Waals surface area contributed by atoms with Gasteiger partial charge in [0.25, 0.3) is 5.91 Å². The lowest BCUT2D eigenvalue weighted by Gasteiger charge is -2.07. The maximum Gasteiger partial charge on any atom is 0.277 e. The lowest BCUT2D eigenvalue weighted by molar-refractivity contribution is -0.123. The van der Waals surface area contributed by atoms with Gasteiger partial charge in [0.05, 0.1) is 9.78 Å². The summed E-state index contributed by atoms with van der Waals surface area (Å²) >= 11 is 13.9. The van der Waals surface area contributed by atoms with Crippen LogP contribution in [0.25, 0.3) is 11.3 Å². The first-order valence-corrected chi connectivity index (χ1v) is 9.60. The van der Waals surface area contributed by atoms with Crippen LogP contribution in [0, 0.1) is 3.57 Å². The van der Waals surface area contributed by atoms with E-state index in [9.17, 15) is 4.79 Å². The van der Waals surface area contributed by atoms with E-state index in [0.29, 0.717) is 27.3 Å². The fourth-order valence-corrected chi connectivity index (χ4v) is 3.37. The Morgan fingerprint density at radius 3 is 2.74 bits per heavy atom. The molecule has 0 aliphatic heterocycles. The molecule has 0 saturated heterocycles. The SMILES string of the molecule is O=C(COc1ccc(Cl)cc1I)N/N=C/c1ccc(-c2cccc(Cl)c2)o1. The third-order valence-electron chi connectivity index (χ3n) is 3.37. The van der Waals surface area contributed by atoms with E-state index >= 15 is 0 Å². The number of amides is 1. The molecular weight excluding hydrogens is 502 g/mol. The van der Waals surface area contributed by atoms with Crippen molar-refractivity contribution >= 4 is 57.9 Å². The Hall–Kier alpha value is -2.03. The van der Waals surface area contributed by atoms with Crippen LogP contribution in [0.5, 0.6) is 5.75 Å². The highest BCUT2D eigenvalue weighted by molar-refractivity contribution is 14.1. The Kier molecular flexibility index (Phi) is 6.76. The van der Waals surface area contributed by atoms with E-state index in [1.807, 2.05) is 12.1 Å². The number of ether oxygens (including phenoxy) is 1. The number of furan rings is 1. The molecule has 1 amide bonds. The highest BCUT2D eigenvalue weighted by Crippen LogP contribution is 2.25. The van der Waals surface area contributed by atoms with Crippen LogP contribution in [0.4, 0.5) is 0 Å². The molecule has 0 radical (unpaired) electrons. The van der Waals surface area contributed by atoms with E-state index in [-0.39, 0.29) is 6.61 Å². The summed E-state index contributed by atoms with van der Waals surface area (Å²) in [4.78, 5) is 11.8. The molecule has 0 saturated carbocycles. The lowest BCUT2D eigenvalue weighted by Crippen LogP contribution is -2.24. The minimum atomic E-state index is -0.390. The largest absolute Gasteiger partial charge is 0.483 e. The number of nitrogens with zero attached hydrogens (tertiary/aromatic N) is 1. The van der Waals surface area contributed by atoms with Crippen LogP contribution < -0.4 is 10.2 Å². The van der Waals surface area contributed by atoms with E-state index in [4.69, 9.17) is 32.4 Å². The average Bonchev–Trinajstić information content (AvgIpc) is 3.10. The zero-order chi connectivity index (χ0) is 19.2. The van der Waals surface area contributed by atoms with Crippen molar-refractivity contribution in [3.63, 3.8) is 0 Å². The summed E-state index contributed by atoms with van der Waals surface area (Å²) in [6.45, 7) is -0.166. The van der Waals surface area contributed by atoms with E-state index in [2.05, 4.69) is 33.1 Å². The summed E-state index contributed by atoms with van der Waals surface area (Å²) < 4.78 is 11.9. The fourth-order valence-electron chi connectivity index (χ4n) is 2.15. The molecule has 2 aromatic carbocycles. The zero-order valence-corrected chi connectivity index (χ0v) is 17.5. The second-order valence-electron chi connectivity index (χ2n) is 5.37. The molecule has 3 rings (SSSR count). The number of halogens is 3. The Morgan fingerprint density at radius 1 is 1.15 bits per heavy atom. The number of hydrazone groups is 1. The highest BCUT2D eigenvalue weighted by Gasteiger charge is 2.06. The predicted octanol–water partition coefficient (Wildman–Crippen LogP) is 5.39. The van der Waals surface area contributed by atoms with E-state index in [1.165, 1.54) is 6.21 Å². The normalized spacial score (nSPS) is 10.9. The standard InChI is InChI=1S/C19H13Cl2IN2O3/c20-13-3-1-2-12(8-13)17-7-5-15(27-17)10-23-24-19(25)11-26-18-6-4-14(21)9-16(18)22/h1-10H,11H2,(H,24,25)/b23-10+. The Bertz CT molecular complexity index is 989. The van der Waals surface area contributed by atoms with E-state index in [0.717, 1.165) is 9.13 Å². The number of benzene rings is 2. The molecule has 1 heterocycles. The number of hydrogen-bond donors (Lipinski definition) is 1. The monoisotopic (exact) mass is 514 g/mol. The molecule has 3 aromatic rings. The minimum Gasteiger partial charge on any atom is -0.483 e. The number of carbonyl (C=O) groups is 1. The highest BCUT2D eigenvalue weighted by atomic mass is 127. The number of hydrogen-bond acceptors (Lipinski definition) is 4. The van der Waals surface area contributed by atoms with Crippen molar-refractivity contribution in [3.05, 3.63) is 74.0 Å². The predicted molar refractivity (Wildman–Crippen MR) is 115 cm³/mol. The maximum absolute atomic E-state index is 11.8. The first kappa shape index (κ1) is 19.7. The molecule has 8 heteroatoms. The number of nitrogens with one attached hydrogen (secondary N) is 1. The molecule has 1 N–H and O–H groups in total. The fraction of sp³-hybridized carbons (Fsp3) is 0.0526. The van der Waals surface area contributed by atoms with Gasteiger partial charge in [0.2, 0.25) is 0 Å². The van der Waals surface area contributed by atoms with Crippen LogP contribution in [0.15, 0.2) is 64.1 Å². The molecule has 0 unspecified atom stereocenters. The summed E-state index contributed by atoms with van der Waals surface area (Å²) in [6, 6.07) is 16.0. The number of rotatable bonds is 6. The smallest absolute Gasteiger partial charge is 0.277 e. The van der Waals surface area contributed by atoms with Gasteiger partial charge >= 0.3 is 0 Å². The maximum atomic E-state index is 11.8. The van der Waals surface area contributed by atoms with Crippen molar-refractivity contribution in [2.24, 2.45) is 5.10 Å². The summed E-state index contributed by atoms with van der Waals surface area (Å²) in [7, 11) is 0. The molecule has 0 aliphatic rings. The summed E-state index contributed by atoms with van der Waals surface area (Å²) in [6.07, 6.45) is 1.41. The summed E-state index contributed by atoms with van der Waals surface area (Å²) in [5, 5.41) is 5.10. The van der Waals surface area contributed by atoms with Crippen molar-refractivity contribution in [1.29, 1.82) is 0 Å². The van der Waals surface area contributed by atoms with Crippen LogP contribution in [0.1, 0.15) is 5.76 Å². The molecular formula is C19H13Cl2IN2O3. The van der Waals surface area contributed by atoms with Crippen molar-refractivity contribution in [2.75, 3.05) is 6.61 Å². The Morgan fingerprint density at radius 2 is 1.96 bits per heavy atom. The van der Waals surface area contributed by atoms with Gasteiger partial charge in [0, 0.05) is 15.6 Å². The van der Waals surface area contributed by atoms with Gasteiger partial charge in [-0.15, -0.1) is 0 Å². The Labute approximate surface area is 179 Å². The van der Waals surface area contributed by atoms with Gasteiger partial charge < -0.3 is 9.15 Å². The van der Waals surface area contributed by atoms with Crippen LogP contribution in [0.2, 0.25) is 10.0 Å². The van der Waals surface area contributed by atoms with Crippen molar-refractivity contribution in [1.82, 2.24) is 5.43 Å². The molecule has 0 atom stereocenters. The molecule has 0 spiro atoms. The van der Waals surface area contributed by atoms with Gasteiger partial charge in [-0.05, 0) is 65.1 Å². The van der Waals surface area contributed by atoms with Crippen LogP contribution in [-0.4, -0.2) is 18.7 Å². The molecule has 138 valence electrons. The first-order chi connectivity index (χ1) is 13.0. The quantitative estimate of drug-likeness (QED) is 0.272. The molecule has 27 heavy (non-hydrogen) atoms. The second kappa shape index (κ2) is 9.25. The first-order valence-electron chi connectivity index (χ1n) is 7.77. The summed E-state index contributed by atoms with van der Waals surface area (Å²) in [5.74, 6) is 1.35. The molecule has 0 aliphatic carbocycles. The van der Waals surface area contributed by atoms with E-state index < -0.39 is 5.91 Å². The van der Waals surface area contributed by atoms with Gasteiger partial charge in [-0.2, -0.15) is 5.10 Å². The molecule has 1 aromatic heterocycles. The van der Waals surface area contributed by atoms with E-state index in [1.54, 1.807) is 42.5 Å². The zero-order valence-electron chi connectivity index (χ0n) is 13.8. The molecule has 0 bridgehead atoms. The minimum absolute atomic E-state index is 0.166. The van der Waals surface area contributed by atoms with Gasteiger partial charge in [-0.1, -0.05) is 35.3 Å². The van der Waals surface area contributed by atoms with Crippen molar-refractivity contribution in [3.8, 4) is 17.1 Å². The van der Waals surface area contributed by atoms with Gasteiger partial charge in [0.15, 0.2) is 6.61 Å². The van der Waals surface area contributed by atoms with Crippen LogP contribution in [-0.2, 0) is 4.79 Å². The van der Waals surface area contributed by atoms with Gasteiger partial charge in [0.1, 0.15) is 17.3 Å². The van der Waals surface area contributed by atoms with Crippen molar-refractivity contribution < 1.29 is 13.9 Å². The van der Waals surface area contributed by atoms with Gasteiger partial charge in [-0.25, -0.2) is 5.43 Å². The Balaban J connectivity index is 1.52. The third kappa shape index (κ3) is 5.72. The van der Waals surface area contributed by atoms with Crippen LogP contribution in [0.3, 0.4) is 0 Å². The van der Waals surface area contributed by atoms with Crippen molar-refractivity contribution in [2.45, 2.75) is 0 Å². The topological polar surface area (TPSA) is 63.8 Å². The number of carbonyl (C=O) groups excluding carboxylic acids is 1. The lowest BCUT2D eigenvalue weighted by atomic mass is 10.2. The molecule has 0 fully saturated rings.